The molecule has 0 aromatic heterocycles. The van der Waals surface area contributed by atoms with Crippen LogP contribution in [-0.2, 0) is 0 Å². The van der Waals surface area contributed by atoms with E-state index < -0.39 is 0 Å². The van der Waals surface area contributed by atoms with Crippen LogP contribution in [0, 0.1) is 0 Å². The molecule has 3 aromatic carbocycles. The van der Waals surface area contributed by atoms with Gasteiger partial charge in [0.05, 0.1) is 17.3 Å². The zero-order chi connectivity index (χ0) is 24.8. The third-order valence-corrected chi connectivity index (χ3v) is 6.63. The third-order valence-electron chi connectivity index (χ3n) is 5.79. The molecular formula is C27H27BrClN3O3. The van der Waals surface area contributed by atoms with Crippen LogP contribution in [0.25, 0.3) is 0 Å². The number of carbonyl (C=O) groups is 2. The van der Waals surface area contributed by atoms with Crippen molar-refractivity contribution in [2.24, 2.45) is 0 Å². The summed E-state index contributed by atoms with van der Waals surface area (Å²) in [4.78, 5) is 29.4. The van der Waals surface area contributed by atoms with Crippen molar-refractivity contribution in [3.8, 4) is 5.75 Å². The van der Waals surface area contributed by atoms with Crippen molar-refractivity contribution in [1.82, 2.24) is 4.90 Å². The molecule has 1 fully saturated rings. The number of amides is 2. The average molecular weight is 557 g/mol. The van der Waals surface area contributed by atoms with E-state index in [9.17, 15) is 9.59 Å². The summed E-state index contributed by atoms with van der Waals surface area (Å²) in [5.41, 5.74) is 2.74. The molecule has 6 nitrogen and oxygen atoms in total. The van der Waals surface area contributed by atoms with Gasteiger partial charge in [-0.15, -0.1) is 0 Å². The molecular weight excluding hydrogens is 530 g/mol. The molecule has 8 heteroatoms. The lowest BCUT2D eigenvalue weighted by Crippen LogP contribution is -2.48. The number of carbonyl (C=O) groups excluding carboxylic acids is 2. The van der Waals surface area contributed by atoms with Crippen molar-refractivity contribution < 1.29 is 14.3 Å². The Labute approximate surface area is 219 Å². The molecule has 0 saturated carbocycles. The summed E-state index contributed by atoms with van der Waals surface area (Å²) in [5.74, 6) is 0.599. The van der Waals surface area contributed by atoms with E-state index in [0.717, 1.165) is 22.3 Å². The molecule has 1 N–H and O–H groups in total. The number of hydrogen-bond acceptors (Lipinski definition) is 4. The maximum absolute atomic E-state index is 12.9. The number of anilines is 2. The van der Waals surface area contributed by atoms with Crippen molar-refractivity contribution in [3.63, 3.8) is 0 Å². The first-order chi connectivity index (χ1) is 16.9. The summed E-state index contributed by atoms with van der Waals surface area (Å²) in [7, 11) is 0. The van der Waals surface area contributed by atoms with Crippen LogP contribution in [0.1, 0.15) is 34.1 Å². The minimum atomic E-state index is -0.196. The number of piperazine rings is 1. The molecule has 0 radical (unpaired) electrons. The Kier molecular flexibility index (Phi) is 8.31. The van der Waals surface area contributed by atoms with Crippen molar-refractivity contribution in [2.75, 3.05) is 43.0 Å². The molecule has 0 bridgehead atoms. The molecule has 0 aliphatic carbocycles. The number of benzene rings is 3. The van der Waals surface area contributed by atoms with E-state index in [1.165, 1.54) is 0 Å². The minimum Gasteiger partial charge on any atom is -0.494 e. The summed E-state index contributed by atoms with van der Waals surface area (Å²) in [6, 6.07) is 20.0. The molecule has 4 rings (SSSR count). The van der Waals surface area contributed by atoms with E-state index in [4.69, 9.17) is 16.3 Å². The lowest BCUT2D eigenvalue weighted by molar-refractivity contribution is 0.0746. The molecule has 35 heavy (non-hydrogen) atoms. The highest BCUT2D eigenvalue weighted by atomic mass is 79.9. The van der Waals surface area contributed by atoms with Crippen LogP contribution in [0.5, 0.6) is 5.75 Å². The highest BCUT2D eigenvalue weighted by Crippen LogP contribution is 2.30. The number of hydrogen-bond donors (Lipinski definition) is 1. The van der Waals surface area contributed by atoms with Gasteiger partial charge in [0.15, 0.2) is 0 Å². The number of rotatable bonds is 7. The van der Waals surface area contributed by atoms with Gasteiger partial charge in [0.25, 0.3) is 11.8 Å². The molecule has 0 atom stereocenters. The average Bonchev–Trinajstić information content (AvgIpc) is 2.88. The molecule has 1 heterocycles. The zero-order valence-corrected chi connectivity index (χ0v) is 21.8. The Hall–Kier alpha value is -3.03. The quantitative estimate of drug-likeness (QED) is 0.382. The van der Waals surface area contributed by atoms with E-state index in [1.54, 1.807) is 18.2 Å². The Balaban J connectivity index is 1.33. The molecule has 3 aromatic rings. The summed E-state index contributed by atoms with van der Waals surface area (Å²) in [5, 5.41) is 3.44. The fraction of sp³-hybridized carbons (Fsp3) is 0.259. The van der Waals surface area contributed by atoms with E-state index in [2.05, 4.69) is 33.1 Å². The molecule has 1 aliphatic rings. The van der Waals surface area contributed by atoms with Gasteiger partial charge in [-0.3, -0.25) is 9.59 Å². The van der Waals surface area contributed by atoms with E-state index >= 15 is 0 Å². The van der Waals surface area contributed by atoms with Crippen LogP contribution in [-0.4, -0.2) is 49.5 Å². The lowest BCUT2D eigenvalue weighted by Gasteiger charge is -2.36. The monoisotopic (exact) mass is 555 g/mol. The number of nitrogens with one attached hydrogen (secondary N) is 1. The van der Waals surface area contributed by atoms with Gasteiger partial charge in [-0.25, -0.2) is 0 Å². The lowest BCUT2D eigenvalue weighted by atomic mass is 10.1. The zero-order valence-electron chi connectivity index (χ0n) is 19.5. The molecule has 0 unspecified atom stereocenters. The largest absolute Gasteiger partial charge is 0.494 e. The first-order valence-electron chi connectivity index (χ1n) is 11.6. The molecule has 1 aliphatic heterocycles. The Morgan fingerprint density at radius 3 is 2.23 bits per heavy atom. The fourth-order valence-electron chi connectivity index (χ4n) is 3.89. The smallest absolute Gasteiger partial charge is 0.255 e. The second-order valence-corrected chi connectivity index (χ2v) is 9.60. The molecule has 182 valence electrons. The summed E-state index contributed by atoms with van der Waals surface area (Å²) >= 11 is 9.94. The third kappa shape index (κ3) is 6.35. The van der Waals surface area contributed by atoms with Crippen LogP contribution < -0.4 is 15.0 Å². The summed E-state index contributed by atoms with van der Waals surface area (Å²) < 4.78 is 6.51. The SMILES string of the molecule is CCCOc1ccc(C(=O)N2CCN(c3ccc(NC(=O)c4ccc(Br)cc4)cc3Cl)CC2)cc1. The van der Waals surface area contributed by atoms with Crippen LogP contribution >= 0.6 is 27.5 Å². The van der Waals surface area contributed by atoms with Crippen LogP contribution in [0.4, 0.5) is 11.4 Å². The van der Waals surface area contributed by atoms with Crippen LogP contribution in [0.3, 0.4) is 0 Å². The predicted molar refractivity (Wildman–Crippen MR) is 144 cm³/mol. The van der Waals surface area contributed by atoms with E-state index in [0.29, 0.717) is 54.6 Å². The number of nitrogens with zero attached hydrogens (tertiary/aromatic N) is 2. The fourth-order valence-corrected chi connectivity index (χ4v) is 4.46. The van der Waals surface area contributed by atoms with Gasteiger partial charge in [0.2, 0.25) is 0 Å². The van der Waals surface area contributed by atoms with Crippen molar-refractivity contribution >= 4 is 50.7 Å². The number of halogens is 2. The van der Waals surface area contributed by atoms with Gasteiger partial charge in [-0.2, -0.15) is 0 Å². The standard InChI is InChI=1S/C27H27BrClN3O3/c1-2-17-35-23-10-5-20(6-11-23)27(34)32-15-13-31(14-16-32)25-12-9-22(18-24(25)29)30-26(33)19-3-7-21(28)8-4-19/h3-12,18H,2,13-17H2,1H3,(H,30,33). The highest BCUT2D eigenvalue weighted by molar-refractivity contribution is 9.10. The Morgan fingerprint density at radius 2 is 1.60 bits per heavy atom. The normalized spacial score (nSPS) is 13.5. The van der Waals surface area contributed by atoms with Crippen molar-refractivity contribution in [1.29, 1.82) is 0 Å². The van der Waals surface area contributed by atoms with Gasteiger partial charge >= 0.3 is 0 Å². The Morgan fingerprint density at radius 1 is 0.943 bits per heavy atom. The summed E-state index contributed by atoms with van der Waals surface area (Å²) in [6.07, 6.45) is 0.943. The second kappa shape index (κ2) is 11.6. The number of ether oxygens (including phenoxy) is 1. The van der Waals surface area contributed by atoms with Gasteiger partial charge in [0, 0.05) is 47.5 Å². The molecule has 1 saturated heterocycles. The topological polar surface area (TPSA) is 61.9 Å². The first-order valence-corrected chi connectivity index (χ1v) is 12.7. The van der Waals surface area contributed by atoms with E-state index in [-0.39, 0.29) is 11.8 Å². The van der Waals surface area contributed by atoms with Gasteiger partial charge in [0.1, 0.15) is 5.75 Å². The maximum Gasteiger partial charge on any atom is 0.255 e. The van der Waals surface area contributed by atoms with E-state index in [1.807, 2.05) is 53.4 Å². The predicted octanol–water partition coefficient (Wildman–Crippen LogP) is 6.11. The van der Waals surface area contributed by atoms with Crippen LogP contribution in [0.15, 0.2) is 71.2 Å². The minimum absolute atomic E-state index is 0.0174. The second-order valence-electron chi connectivity index (χ2n) is 8.28. The summed E-state index contributed by atoms with van der Waals surface area (Å²) in [6.45, 7) is 5.27. The maximum atomic E-state index is 12.9. The van der Waals surface area contributed by atoms with Gasteiger partial charge < -0.3 is 19.9 Å². The molecule has 0 spiro atoms. The van der Waals surface area contributed by atoms with Gasteiger partial charge in [-0.1, -0.05) is 34.5 Å². The van der Waals surface area contributed by atoms with Crippen LogP contribution in [0.2, 0.25) is 5.02 Å². The van der Waals surface area contributed by atoms with Crippen molar-refractivity contribution in [3.05, 3.63) is 87.4 Å². The van der Waals surface area contributed by atoms with Crippen molar-refractivity contribution in [2.45, 2.75) is 13.3 Å². The molecule has 2 amide bonds. The Bertz CT molecular complexity index is 1180. The highest BCUT2D eigenvalue weighted by Gasteiger charge is 2.23. The first kappa shape index (κ1) is 25.1. The van der Waals surface area contributed by atoms with Gasteiger partial charge in [-0.05, 0) is 73.2 Å².